The van der Waals surface area contributed by atoms with E-state index in [4.69, 9.17) is 4.74 Å². The highest BCUT2D eigenvalue weighted by Gasteiger charge is 2.09. The first-order chi connectivity index (χ1) is 8.63. The van der Waals surface area contributed by atoms with E-state index >= 15 is 0 Å². The molecule has 0 saturated heterocycles. The Hall–Kier alpha value is -1.11. The Balaban J connectivity index is 2.35. The molecule has 98 valence electrons. The fourth-order valence-electron chi connectivity index (χ4n) is 1.29. The van der Waals surface area contributed by atoms with Crippen LogP contribution in [0.25, 0.3) is 0 Å². The van der Waals surface area contributed by atoms with Crippen molar-refractivity contribution in [3.05, 3.63) is 33.4 Å². The maximum absolute atomic E-state index is 11.6. The number of ether oxygens (including phenoxy) is 1. The van der Waals surface area contributed by atoms with Crippen LogP contribution in [0, 0.1) is 3.57 Å². The molecule has 1 aromatic rings. The van der Waals surface area contributed by atoms with Gasteiger partial charge in [-0.2, -0.15) is 0 Å². The number of esters is 1. The Bertz CT molecular complexity index is 420. The van der Waals surface area contributed by atoms with E-state index in [1.54, 1.807) is 18.2 Å². The molecule has 0 radical (unpaired) electrons. The first kappa shape index (κ1) is 14.9. The number of benzene rings is 1. The Morgan fingerprint density at radius 2 is 2.17 bits per heavy atom. The Morgan fingerprint density at radius 1 is 1.39 bits per heavy atom. The maximum Gasteiger partial charge on any atom is 0.338 e. The van der Waals surface area contributed by atoms with Gasteiger partial charge in [0.05, 0.1) is 5.56 Å². The molecule has 0 atom stereocenters. The lowest BCUT2D eigenvalue weighted by Crippen LogP contribution is -2.29. The molecule has 1 amide bonds. The fourth-order valence-corrected chi connectivity index (χ4v) is 1.83. The summed E-state index contributed by atoms with van der Waals surface area (Å²) >= 11 is 2.12. The van der Waals surface area contributed by atoms with Gasteiger partial charge in [-0.1, -0.05) is 19.4 Å². The van der Waals surface area contributed by atoms with E-state index in [2.05, 4.69) is 27.9 Å². The number of carbonyl (C=O) groups excluding carboxylic acids is 2. The van der Waals surface area contributed by atoms with Gasteiger partial charge in [0, 0.05) is 10.1 Å². The van der Waals surface area contributed by atoms with Crippen LogP contribution in [0.15, 0.2) is 24.3 Å². The second-order valence-electron chi connectivity index (χ2n) is 3.79. The SMILES string of the molecule is CCCCNC(=O)COC(=O)c1cccc(I)c1. The van der Waals surface area contributed by atoms with E-state index in [9.17, 15) is 9.59 Å². The van der Waals surface area contributed by atoms with Crippen LogP contribution in [-0.2, 0) is 9.53 Å². The van der Waals surface area contributed by atoms with Crippen LogP contribution in [0.2, 0.25) is 0 Å². The van der Waals surface area contributed by atoms with E-state index < -0.39 is 5.97 Å². The monoisotopic (exact) mass is 361 g/mol. The summed E-state index contributed by atoms with van der Waals surface area (Å²) in [5.74, 6) is -0.735. The Labute approximate surface area is 120 Å². The molecule has 0 aliphatic rings. The molecule has 0 fully saturated rings. The minimum absolute atomic E-state index is 0.228. The molecule has 1 N–H and O–H groups in total. The van der Waals surface area contributed by atoms with Crippen molar-refractivity contribution in [1.29, 1.82) is 0 Å². The smallest absolute Gasteiger partial charge is 0.338 e. The summed E-state index contributed by atoms with van der Waals surface area (Å²) in [7, 11) is 0. The van der Waals surface area contributed by atoms with E-state index in [0.717, 1.165) is 16.4 Å². The fraction of sp³-hybridized carbons (Fsp3) is 0.385. The summed E-state index contributed by atoms with van der Waals surface area (Å²) in [5, 5.41) is 2.68. The van der Waals surface area contributed by atoms with Crippen molar-refractivity contribution in [2.24, 2.45) is 0 Å². The third-order valence-corrected chi connectivity index (χ3v) is 2.92. The van der Waals surface area contributed by atoms with Crippen LogP contribution < -0.4 is 5.32 Å². The third kappa shape index (κ3) is 5.48. The molecule has 4 nitrogen and oxygen atoms in total. The van der Waals surface area contributed by atoms with E-state index in [0.29, 0.717) is 12.1 Å². The van der Waals surface area contributed by atoms with Gasteiger partial charge in [-0.3, -0.25) is 4.79 Å². The van der Waals surface area contributed by atoms with Crippen LogP contribution in [-0.4, -0.2) is 25.0 Å². The van der Waals surface area contributed by atoms with Gasteiger partial charge < -0.3 is 10.1 Å². The average molecular weight is 361 g/mol. The standard InChI is InChI=1S/C13H16INO3/c1-2-3-7-15-12(16)9-18-13(17)10-5-4-6-11(14)8-10/h4-6,8H,2-3,7,9H2,1H3,(H,15,16). The molecular weight excluding hydrogens is 345 g/mol. The van der Waals surface area contributed by atoms with Gasteiger partial charge in [-0.15, -0.1) is 0 Å². The van der Waals surface area contributed by atoms with Crippen LogP contribution in [0.5, 0.6) is 0 Å². The third-order valence-electron chi connectivity index (χ3n) is 2.25. The van der Waals surface area contributed by atoms with Crippen molar-refractivity contribution in [1.82, 2.24) is 5.32 Å². The number of unbranched alkanes of at least 4 members (excludes halogenated alkanes) is 1. The van der Waals surface area contributed by atoms with Gasteiger partial charge in [0.2, 0.25) is 0 Å². The van der Waals surface area contributed by atoms with Gasteiger partial charge in [-0.25, -0.2) is 4.79 Å². The van der Waals surface area contributed by atoms with Gasteiger partial charge >= 0.3 is 5.97 Å². The van der Waals surface area contributed by atoms with Crippen LogP contribution in [0.1, 0.15) is 30.1 Å². The molecule has 18 heavy (non-hydrogen) atoms. The topological polar surface area (TPSA) is 55.4 Å². The van der Waals surface area contributed by atoms with Crippen LogP contribution in [0.4, 0.5) is 0 Å². The summed E-state index contributed by atoms with van der Waals surface area (Å²) < 4.78 is 5.87. The highest BCUT2D eigenvalue weighted by atomic mass is 127. The molecule has 0 heterocycles. The van der Waals surface area contributed by atoms with Crippen LogP contribution >= 0.6 is 22.6 Å². The number of hydrogen-bond acceptors (Lipinski definition) is 3. The molecule has 0 spiro atoms. The highest BCUT2D eigenvalue weighted by molar-refractivity contribution is 14.1. The van der Waals surface area contributed by atoms with Crippen molar-refractivity contribution in [2.45, 2.75) is 19.8 Å². The zero-order valence-corrected chi connectivity index (χ0v) is 12.4. The average Bonchev–Trinajstić information content (AvgIpc) is 2.36. The number of hydrogen-bond donors (Lipinski definition) is 1. The number of amides is 1. The van der Waals surface area contributed by atoms with Crippen molar-refractivity contribution in [2.75, 3.05) is 13.2 Å². The van der Waals surface area contributed by atoms with Crippen molar-refractivity contribution in [3.63, 3.8) is 0 Å². The lowest BCUT2D eigenvalue weighted by Gasteiger charge is -2.06. The first-order valence-electron chi connectivity index (χ1n) is 5.83. The summed E-state index contributed by atoms with van der Waals surface area (Å²) in [6.45, 7) is 2.44. The van der Waals surface area contributed by atoms with Crippen molar-refractivity contribution < 1.29 is 14.3 Å². The number of halogens is 1. The summed E-state index contributed by atoms with van der Waals surface area (Å²) in [6.07, 6.45) is 1.94. The molecule has 0 saturated carbocycles. The lowest BCUT2D eigenvalue weighted by molar-refractivity contribution is -0.124. The lowest BCUT2D eigenvalue weighted by atomic mass is 10.2. The van der Waals surface area contributed by atoms with Gasteiger partial charge in [0.15, 0.2) is 6.61 Å². The van der Waals surface area contributed by atoms with Gasteiger partial charge in [0.25, 0.3) is 5.91 Å². The maximum atomic E-state index is 11.6. The molecule has 0 aliphatic carbocycles. The first-order valence-corrected chi connectivity index (χ1v) is 6.90. The molecule has 1 rings (SSSR count). The summed E-state index contributed by atoms with van der Waals surface area (Å²) in [5.41, 5.74) is 0.461. The van der Waals surface area contributed by atoms with E-state index in [1.807, 2.05) is 13.0 Å². The zero-order valence-electron chi connectivity index (χ0n) is 10.2. The molecule has 0 aliphatic heterocycles. The summed E-state index contributed by atoms with van der Waals surface area (Å²) in [6, 6.07) is 7.05. The minimum atomic E-state index is -0.473. The second kappa shape index (κ2) is 8.07. The quantitative estimate of drug-likeness (QED) is 0.481. The Morgan fingerprint density at radius 3 is 2.83 bits per heavy atom. The number of nitrogens with one attached hydrogen (secondary N) is 1. The highest BCUT2D eigenvalue weighted by Crippen LogP contribution is 2.08. The predicted molar refractivity (Wildman–Crippen MR) is 77.4 cm³/mol. The largest absolute Gasteiger partial charge is 0.452 e. The molecule has 1 aromatic carbocycles. The normalized spacial score (nSPS) is 9.89. The summed E-state index contributed by atoms with van der Waals surface area (Å²) in [4.78, 5) is 23.0. The van der Waals surface area contributed by atoms with Gasteiger partial charge in [0.1, 0.15) is 0 Å². The molecule has 0 aromatic heterocycles. The van der Waals surface area contributed by atoms with Crippen molar-refractivity contribution >= 4 is 34.5 Å². The number of rotatable bonds is 6. The van der Waals surface area contributed by atoms with Gasteiger partial charge in [-0.05, 0) is 47.2 Å². The second-order valence-corrected chi connectivity index (χ2v) is 5.04. The molecule has 0 bridgehead atoms. The minimum Gasteiger partial charge on any atom is -0.452 e. The number of carbonyl (C=O) groups is 2. The van der Waals surface area contributed by atoms with E-state index in [-0.39, 0.29) is 12.5 Å². The Kier molecular flexibility index (Phi) is 6.70. The molecular formula is C13H16INO3. The molecule has 5 heteroatoms. The van der Waals surface area contributed by atoms with Crippen LogP contribution in [0.3, 0.4) is 0 Å². The zero-order chi connectivity index (χ0) is 13.4. The molecule has 0 unspecified atom stereocenters. The predicted octanol–water partition coefficient (Wildman–Crippen LogP) is 2.36. The van der Waals surface area contributed by atoms with E-state index in [1.165, 1.54) is 0 Å². The van der Waals surface area contributed by atoms with Crippen molar-refractivity contribution in [3.8, 4) is 0 Å².